The Balaban J connectivity index is 0.000000193. The molecule has 0 amide bonds. The molecule has 0 bridgehead atoms. The van der Waals surface area contributed by atoms with Crippen molar-refractivity contribution in [3.63, 3.8) is 0 Å². The van der Waals surface area contributed by atoms with E-state index in [1.165, 1.54) is 12.1 Å². The first kappa shape index (κ1) is 22.5. The molecule has 0 spiro atoms. The van der Waals surface area contributed by atoms with Gasteiger partial charge in [-0.05, 0) is 36.4 Å². The number of aromatic amines is 4. The fraction of sp³-hybridized carbons (Fsp3) is 0.200. The number of carbonyl (C=O) groups excluding carboxylic acids is 1. The highest BCUT2D eigenvalue weighted by Crippen LogP contribution is 2.11. The van der Waals surface area contributed by atoms with Gasteiger partial charge in [-0.2, -0.15) is 0 Å². The van der Waals surface area contributed by atoms with Crippen molar-refractivity contribution in [2.75, 3.05) is 26.4 Å². The first-order valence-corrected chi connectivity index (χ1v) is 9.40. The van der Waals surface area contributed by atoms with E-state index in [0.29, 0.717) is 27.6 Å². The number of H-pyrrole nitrogens is 4. The fourth-order valence-electron chi connectivity index (χ4n) is 2.77. The Morgan fingerprint density at radius 2 is 1.28 bits per heavy atom. The van der Waals surface area contributed by atoms with Crippen LogP contribution < -0.4 is 11.4 Å². The molecule has 168 valence electrons. The number of benzene rings is 2. The number of carboxylic acids is 1. The van der Waals surface area contributed by atoms with Crippen molar-refractivity contribution < 1.29 is 29.3 Å². The average Bonchev–Trinajstić information content (AvgIpc) is 3.32. The van der Waals surface area contributed by atoms with Crippen LogP contribution in [0.15, 0.2) is 46.0 Å². The van der Waals surface area contributed by atoms with Crippen molar-refractivity contribution in [1.82, 2.24) is 19.9 Å². The predicted molar refractivity (Wildman–Crippen MR) is 113 cm³/mol. The van der Waals surface area contributed by atoms with E-state index in [1.807, 2.05) is 0 Å². The number of aliphatic hydroxyl groups excluding tert-OH is 1. The van der Waals surface area contributed by atoms with Crippen LogP contribution in [-0.2, 0) is 9.47 Å². The number of ether oxygens (including phenoxy) is 2. The van der Waals surface area contributed by atoms with Crippen LogP contribution in [0.2, 0.25) is 0 Å². The molecule has 0 atom stereocenters. The smallest absolute Gasteiger partial charge is 0.338 e. The second kappa shape index (κ2) is 10.2. The molecule has 6 N–H and O–H groups in total. The normalized spacial score (nSPS) is 10.7. The van der Waals surface area contributed by atoms with Crippen LogP contribution in [0.5, 0.6) is 0 Å². The summed E-state index contributed by atoms with van der Waals surface area (Å²) in [4.78, 5) is 54.3. The van der Waals surface area contributed by atoms with E-state index in [0.717, 1.165) is 0 Å². The van der Waals surface area contributed by atoms with Crippen LogP contribution in [0.1, 0.15) is 20.7 Å². The van der Waals surface area contributed by atoms with Crippen LogP contribution in [0, 0.1) is 0 Å². The van der Waals surface area contributed by atoms with Gasteiger partial charge in [0.05, 0.1) is 53.0 Å². The van der Waals surface area contributed by atoms with Crippen molar-refractivity contribution in [2.45, 2.75) is 0 Å². The minimum atomic E-state index is -1.01. The number of carbonyl (C=O) groups is 2. The molecule has 4 rings (SSSR count). The van der Waals surface area contributed by atoms with Gasteiger partial charge in [0, 0.05) is 0 Å². The van der Waals surface area contributed by atoms with Crippen LogP contribution in [-0.4, -0.2) is 68.5 Å². The third-order valence-electron chi connectivity index (χ3n) is 4.21. The Morgan fingerprint density at radius 1 is 0.750 bits per heavy atom. The summed E-state index contributed by atoms with van der Waals surface area (Å²) in [5.74, 6) is -1.50. The summed E-state index contributed by atoms with van der Waals surface area (Å²) in [5.41, 5.74) is 2.15. The van der Waals surface area contributed by atoms with E-state index >= 15 is 0 Å². The van der Waals surface area contributed by atoms with Gasteiger partial charge in [-0.15, -0.1) is 0 Å². The Bertz CT molecular complexity index is 1350. The zero-order valence-corrected chi connectivity index (χ0v) is 16.6. The highest BCUT2D eigenvalue weighted by molar-refractivity contribution is 5.93. The third kappa shape index (κ3) is 5.71. The second-order valence-corrected chi connectivity index (χ2v) is 6.46. The summed E-state index contributed by atoms with van der Waals surface area (Å²) in [7, 11) is 0. The van der Waals surface area contributed by atoms with Crippen LogP contribution in [0.3, 0.4) is 0 Å². The number of rotatable bonds is 7. The quantitative estimate of drug-likeness (QED) is 0.176. The van der Waals surface area contributed by atoms with Crippen molar-refractivity contribution in [1.29, 1.82) is 0 Å². The average molecular weight is 444 g/mol. The molecule has 0 fully saturated rings. The number of carboxylic acid groups (broad SMARTS) is 1. The zero-order valence-electron chi connectivity index (χ0n) is 16.6. The molecule has 2 aromatic heterocycles. The maximum Gasteiger partial charge on any atom is 0.338 e. The van der Waals surface area contributed by atoms with Crippen molar-refractivity contribution in [2.24, 2.45) is 0 Å². The molecule has 0 saturated carbocycles. The Morgan fingerprint density at radius 3 is 1.84 bits per heavy atom. The van der Waals surface area contributed by atoms with Gasteiger partial charge in [0.2, 0.25) is 0 Å². The Labute approximate surface area is 178 Å². The van der Waals surface area contributed by atoms with Crippen molar-refractivity contribution in [3.05, 3.63) is 68.5 Å². The number of hydrogen-bond donors (Lipinski definition) is 6. The SMILES string of the molecule is O=C(O)c1ccc2[nH]c(=O)[nH]c2c1.O=C(OCCOCCO)c1ccc2[nH]c(=O)[nH]c2c1. The number of fused-ring (bicyclic) bond motifs is 2. The predicted octanol–water partition coefficient (Wildman–Crippen LogP) is 0.576. The maximum absolute atomic E-state index is 11.7. The highest BCUT2D eigenvalue weighted by atomic mass is 16.6. The molecule has 0 radical (unpaired) electrons. The number of aromatic carboxylic acids is 1. The van der Waals surface area contributed by atoms with E-state index in [2.05, 4.69) is 19.9 Å². The number of nitrogens with one attached hydrogen (secondary N) is 4. The summed E-state index contributed by atoms with van der Waals surface area (Å²) < 4.78 is 9.95. The lowest BCUT2D eigenvalue weighted by Gasteiger charge is -2.05. The Kier molecular flexibility index (Phi) is 7.21. The molecule has 4 aromatic rings. The summed E-state index contributed by atoms with van der Waals surface area (Å²) in [6, 6.07) is 9.15. The molecule has 2 heterocycles. The number of esters is 1. The van der Waals surface area contributed by atoms with Gasteiger partial charge < -0.3 is 39.6 Å². The molecule has 0 aliphatic carbocycles. The molecular weight excluding hydrogens is 424 g/mol. The van der Waals surface area contributed by atoms with Gasteiger partial charge in [-0.3, -0.25) is 0 Å². The van der Waals surface area contributed by atoms with Crippen molar-refractivity contribution >= 4 is 34.0 Å². The van der Waals surface area contributed by atoms with Crippen molar-refractivity contribution in [3.8, 4) is 0 Å². The minimum absolute atomic E-state index is 0.0640. The van der Waals surface area contributed by atoms with Crippen LogP contribution in [0.25, 0.3) is 22.1 Å². The zero-order chi connectivity index (χ0) is 23.1. The van der Waals surface area contributed by atoms with Crippen LogP contribution >= 0.6 is 0 Å². The fourth-order valence-corrected chi connectivity index (χ4v) is 2.77. The molecule has 32 heavy (non-hydrogen) atoms. The summed E-state index contributed by atoms with van der Waals surface area (Å²) in [5, 5.41) is 17.1. The lowest BCUT2D eigenvalue weighted by atomic mass is 10.2. The largest absolute Gasteiger partial charge is 0.478 e. The topological polar surface area (TPSA) is 190 Å². The molecule has 0 aliphatic rings. The molecular formula is C20H20N4O8. The van der Waals surface area contributed by atoms with Gasteiger partial charge in [-0.1, -0.05) is 0 Å². The van der Waals surface area contributed by atoms with E-state index in [-0.39, 0.29) is 43.4 Å². The molecule has 0 aliphatic heterocycles. The highest BCUT2D eigenvalue weighted by Gasteiger charge is 2.09. The second-order valence-electron chi connectivity index (χ2n) is 6.46. The molecule has 12 nitrogen and oxygen atoms in total. The van der Waals surface area contributed by atoms with E-state index < -0.39 is 11.9 Å². The Hall–Kier alpha value is -4.16. The summed E-state index contributed by atoms with van der Waals surface area (Å²) in [6.45, 7) is 0.496. The van der Waals surface area contributed by atoms with E-state index in [4.69, 9.17) is 19.7 Å². The van der Waals surface area contributed by atoms with Gasteiger partial charge in [0.25, 0.3) is 0 Å². The first-order chi connectivity index (χ1) is 15.4. The molecule has 2 aromatic carbocycles. The monoisotopic (exact) mass is 444 g/mol. The minimum Gasteiger partial charge on any atom is -0.478 e. The number of aromatic nitrogens is 4. The van der Waals surface area contributed by atoms with E-state index in [1.54, 1.807) is 24.3 Å². The summed E-state index contributed by atoms with van der Waals surface area (Å²) in [6.07, 6.45) is 0. The van der Waals surface area contributed by atoms with Gasteiger partial charge >= 0.3 is 23.3 Å². The van der Waals surface area contributed by atoms with Crippen LogP contribution in [0.4, 0.5) is 0 Å². The van der Waals surface area contributed by atoms with Gasteiger partial charge in [-0.25, -0.2) is 19.2 Å². The third-order valence-corrected chi connectivity index (χ3v) is 4.21. The summed E-state index contributed by atoms with van der Waals surface area (Å²) >= 11 is 0. The van der Waals surface area contributed by atoms with Gasteiger partial charge in [0.15, 0.2) is 0 Å². The number of hydrogen-bond acceptors (Lipinski definition) is 7. The maximum atomic E-state index is 11.7. The van der Waals surface area contributed by atoms with Gasteiger partial charge in [0.1, 0.15) is 6.61 Å². The first-order valence-electron chi connectivity index (χ1n) is 9.40. The lowest BCUT2D eigenvalue weighted by Crippen LogP contribution is -2.12. The molecule has 0 saturated heterocycles. The number of aliphatic hydroxyl groups is 1. The lowest BCUT2D eigenvalue weighted by molar-refractivity contribution is 0.0258. The van der Waals surface area contributed by atoms with E-state index in [9.17, 15) is 19.2 Å². The number of imidazole rings is 2. The molecule has 12 heteroatoms. The standard InChI is InChI=1S/C12H14N2O5.C8H6N2O3/c15-3-4-18-5-6-19-11(16)8-1-2-9-10(7-8)14-12(17)13-9;11-7(12)4-1-2-5-6(3-4)10-8(13)9-5/h1-2,7,15H,3-6H2,(H2,13,14,17);1-3H,(H,11,12)(H2,9,10,13). The molecule has 0 unspecified atom stereocenters.